The van der Waals surface area contributed by atoms with Crippen molar-refractivity contribution in [2.75, 3.05) is 26.4 Å². The number of amides is 1. The average Bonchev–Trinajstić information content (AvgIpc) is 3.18. The van der Waals surface area contributed by atoms with Crippen LogP contribution in [-0.4, -0.2) is 52.0 Å². The van der Waals surface area contributed by atoms with Crippen LogP contribution in [0.25, 0.3) is 5.69 Å². The molecule has 0 aliphatic rings. The van der Waals surface area contributed by atoms with E-state index in [2.05, 4.69) is 32.5 Å². The number of aromatic nitrogens is 3. The Morgan fingerprint density at radius 1 is 1.24 bits per heavy atom. The lowest BCUT2D eigenvalue weighted by molar-refractivity contribution is -0.118. The third-order valence-corrected chi connectivity index (χ3v) is 5.93. The maximum Gasteiger partial charge on any atom is 0.230 e. The van der Waals surface area contributed by atoms with E-state index in [-0.39, 0.29) is 17.7 Å². The Kier molecular flexibility index (Phi) is 7.30. The molecule has 0 saturated heterocycles. The number of thioether (sulfide) groups is 1. The summed E-state index contributed by atoms with van der Waals surface area (Å²) in [6.07, 6.45) is 1.62. The molecular formula is C21H24ClN5OS. The van der Waals surface area contributed by atoms with E-state index in [0.717, 1.165) is 11.3 Å². The minimum atomic E-state index is -0.0470. The number of carbonyl (C=O) groups excluding carboxylic acids is 1. The molecule has 0 radical (unpaired) electrons. The molecule has 1 amide bonds. The number of halogens is 1. The molecule has 1 atom stereocenters. The van der Waals surface area contributed by atoms with Gasteiger partial charge in [-0.25, -0.2) is 0 Å². The predicted octanol–water partition coefficient (Wildman–Crippen LogP) is 3.74. The second kappa shape index (κ2) is 9.91. The molecule has 8 heteroatoms. The maximum absolute atomic E-state index is 12.4. The molecule has 0 saturated carbocycles. The van der Waals surface area contributed by atoms with Crippen molar-refractivity contribution in [3.8, 4) is 5.69 Å². The molecule has 6 nitrogen and oxygen atoms in total. The zero-order valence-corrected chi connectivity index (χ0v) is 18.2. The van der Waals surface area contributed by atoms with E-state index < -0.39 is 0 Å². The summed E-state index contributed by atoms with van der Waals surface area (Å²) in [5.74, 6) is 0.210. The van der Waals surface area contributed by atoms with Crippen LogP contribution in [0.3, 0.4) is 0 Å². The van der Waals surface area contributed by atoms with Crippen LogP contribution in [-0.2, 0) is 4.79 Å². The van der Waals surface area contributed by atoms with Gasteiger partial charge in [-0.2, -0.15) is 0 Å². The van der Waals surface area contributed by atoms with E-state index in [9.17, 15) is 4.79 Å². The lowest BCUT2D eigenvalue weighted by atomic mass is 10.1. The fourth-order valence-electron chi connectivity index (χ4n) is 2.90. The van der Waals surface area contributed by atoms with Crippen LogP contribution < -0.4 is 5.32 Å². The van der Waals surface area contributed by atoms with E-state index in [1.165, 1.54) is 17.3 Å². The van der Waals surface area contributed by atoms with Crippen molar-refractivity contribution in [3.05, 3.63) is 71.0 Å². The first-order valence-corrected chi connectivity index (χ1v) is 10.6. The number of nitrogens with zero attached hydrogens (tertiary/aromatic N) is 4. The third kappa shape index (κ3) is 5.59. The van der Waals surface area contributed by atoms with Gasteiger partial charge in [-0.05, 0) is 44.3 Å². The Balaban J connectivity index is 1.59. The maximum atomic E-state index is 12.4. The van der Waals surface area contributed by atoms with Crippen LogP contribution in [0.1, 0.15) is 17.2 Å². The highest BCUT2D eigenvalue weighted by Gasteiger charge is 2.16. The predicted molar refractivity (Wildman–Crippen MR) is 118 cm³/mol. The van der Waals surface area contributed by atoms with Gasteiger partial charge in [-0.1, -0.05) is 59.8 Å². The summed E-state index contributed by atoms with van der Waals surface area (Å²) in [6.45, 7) is 2.49. The van der Waals surface area contributed by atoms with Gasteiger partial charge in [0.1, 0.15) is 6.33 Å². The highest BCUT2D eigenvalue weighted by Crippen LogP contribution is 2.24. The lowest BCUT2D eigenvalue weighted by Crippen LogP contribution is -2.35. The standard InChI is InChI=1S/C21H24ClN5OS/c1-15-9-10-17(11-18(15)22)27-14-24-25-21(27)29-13-20(28)23-12-19(26(2)3)16-7-5-4-6-8-16/h4-11,14,19H,12-13H2,1-3H3,(H,23,28). The molecule has 0 fully saturated rings. The van der Waals surface area contributed by atoms with E-state index in [1.807, 2.05) is 62.0 Å². The molecule has 3 rings (SSSR count). The van der Waals surface area contributed by atoms with Crippen molar-refractivity contribution in [2.45, 2.75) is 18.1 Å². The van der Waals surface area contributed by atoms with Crippen LogP contribution in [0.5, 0.6) is 0 Å². The summed E-state index contributed by atoms with van der Waals surface area (Å²) < 4.78 is 1.83. The molecule has 1 unspecified atom stereocenters. The van der Waals surface area contributed by atoms with Gasteiger partial charge in [-0.15, -0.1) is 10.2 Å². The molecule has 1 aromatic heterocycles. The minimum absolute atomic E-state index is 0.0470. The van der Waals surface area contributed by atoms with Crippen LogP contribution in [0.4, 0.5) is 0 Å². The first-order valence-electron chi connectivity index (χ1n) is 9.23. The summed E-state index contributed by atoms with van der Waals surface area (Å²) in [5.41, 5.74) is 3.04. The number of nitrogens with one attached hydrogen (secondary N) is 1. The van der Waals surface area contributed by atoms with Crippen molar-refractivity contribution < 1.29 is 4.79 Å². The van der Waals surface area contributed by atoms with Crippen LogP contribution in [0.2, 0.25) is 5.02 Å². The van der Waals surface area contributed by atoms with Gasteiger partial charge in [0.15, 0.2) is 5.16 Å². The van der Waals surface area contributed by atoms with Gasteiger partial charge in [0, 0.05) is 11.6 Å². The monoisotopic (exact) mass is 429 g/mol. The van der Waals surface area contributed by atoms with Crippen molar-refractivity contribution >= 4 is 29.3 Å². The van der Waals surface area contributed by atoms with Crippen LogP contribution >= 0.6 is 23.4 Å². The Morgan fingerprint density at radius 3 is 2.69 bits per heavy atom. The zero-order chi connectivity index (χ0) is 20.8. The van der Waals surface area contributed by atoms with Crippen molar-refractivity contribution in [1.82, 2.24) is 25.0 Å². The van der Waals surface area contributed by atoms with Crippen molar-refractivity contribution in [1.29, 1.82) is 0 Å². The minimum Gasteiger partial charge on any atom is -0.353 e. The van der Waals surface area contributed by atoms with Gasteiger partial charge in [0.2, 0.25) is 5.91 Å². The number of likely N-dealkylation sites (N-methyl/N-ethyl adjacent to an activating group) is 1. The number of hydrogen-bond donors (Lipinski definition) is 1. The molecule has 29 heavy (non-hydrogen) atoms. The second-order valence-corrected chi connectivity index (χ2v) is 8.25. The number of carbonyl (C=O) groups is 1. The highest BCUT2D eigenvalue weighted by atomic mass is 35.5. The van der Waals surface area contributed by atoms with Gasteiger partial charge in [-0.3, -0.25) is 9.36 Å². The molecule has 1 heterocycles. The Hall–Kier alpha value is -2.35. The molecule has 0 bridgehead atoms. The SMILES string of the molecule is Cc1ccc(-n2cnnc2SCC(=O)NCC(c2ccccc2)N(C)C)cc1Cl. The van der Waals surface area contributed by atoms with E-state index in [1.54, 1.807) is 6.33 Å². The Bertz CT molecular complexity index is 961. The largest absolute Gasteiger partial charge is 0.353 e. The molecule has 1 N–H and O–H groups in total. The summed E-state index contributed by atoms with van der Waals surface area (Å²) in [5, 5.41) is 12.5. The molecule has 3 aromatic rings. The van der Waals surface area contributed by atoms with Crippen LogP contribution in [0, 0.1) is 6.92 Å². The molecular weight excluding hydrogens is 406 g/mol. The summed E-state index contributed by atoms with van der Waals surface area (Å²) in [4.78, 5) is 14.5. The first-order chi connectivity index (χ1) is 14.0. The Morgan fingerprint density at radius 2 is 2.00 bits per heavy atom. The number of aryl methyl sites for hydroxylation is 1. The summed E-state index contributed by atoms with van der Waals surface area (Å²) >= 11 is 7.57. The zero-order valence-electron chi connectivity index (χ0n) is 16.7. The first kappa shape index (κ1) is 21.4. The van der Waals surface area contributed by atoms with Gasteiger partial charge >= 0.3 is 0 Å². The summed E-state index contributed by atoms with van der Waals surface area (Å²) in [7, 11) is 4.02. The average molecular weight is 430 g/mol. The molecule has 152 valence electrons. The van der Waals surface area contributed by atoms with Gasteiger partial charge in [0.05, 0.1) is 17.5 Å². The fourth-order valence-corrected chi connectivity index (χ4v) is 3.83. The van der Waals surface area contributed by atoms with Gasteiger partial charge < -0.3 is 10.2 Å². The number of hydrogen-bond acceptors (Lipinski definition) is 5. The number of benzene rings is 2. The molecule has 0 aliphatic carbocycles. The number of rotatable bonds is 8. The van der Waals surface area contributed by atoms with Crippen molar-refractivity contribution in [2.24, 2.45) is 0 Å². The van der Waals surface area contributed by atoms with E-state index in [4.69, 9.17) is 11.6 Å². The molecule has 0 spiro atoms. The highest BCUT2D eigenvalue weighted by molar-refractivity contribution is 7.99. The lowest BCUT2D eigenvalue weighted by Gasteiger charge is -2.25. The van der Waals surface area contributed by atoms with Gasteiger partial charge in [0.25, 0.3) is 0 Å². The van der Waals surface area contributed by atoms with Crippen molar-refractivity contribution in [3.63, 3.8) is 0 Å². The topological polar surface area (TPSA) is 63.1 Å². The summed E-state index contributed by atoms with van der Waals surface area (Å²) in [6, 6.07) is 16.0. The van der Waals surface area contributed by atoms with E-state index >= 15 is 0 Å². The smallest absolute Gasteiger partial charge is 0.230 e. The normalized spacial score (nSPS) is 12.2. The second-order valence-electron chi connectivity index (χ2n) is 6.90. The molecule has 0 aliphatic heterocycles. The quantitative estimate of drug-likeness (QED) is 0.552. The van der Waals surface area contributed by atoms with E-state index in [0.29, 0.717) is 16.7 Å². The molecule has 2 aromatic carbocycles. The van der Waals surface area contributed by atoms with Crippen LogP contribution in [0.15, 0.2) is 60.0 Å². The fraction of sp³-hybridized carbons (Fsp3) is 0.286. The third-order valence-electron chi connectivity index (χ3n) is 4.58. The Labute approximate surface area is 180 Å².